The number of nitrogens with one attached hydrogen (secondary N) is 2. The standard InChI is InChI=1S/C22H24F3N5O2/c1-32-19-8-3-2-6-16(19)14-28-21(31)18-12-20(22(23,24)25)29-30(18)17-7-4-5-15(11-17)13-27-10-9-26/h2-8,11-12,27H,9-10,13-14,26H2,1H3,(H,28,31). The minimum atomic E-state index is -4.69. The third-order valence-corrected chi connectivity index (χ3v) is 4.67. The molecule has 170 valence electrons. The van der Waals surface area contributed by atoms with Gasteiger partial charge in [-0.2, -0.15) is 18.3 Å². The van der Waals surface area contributed by atoms with Crippen LogP contribution in [-0.2, 0) is 19.3 Å². The lowest BCUT2D eigenvalue weighted by molar-refractivity contribution is -0.141. The summed E-state index contributed by atoms with van der Waals surface area (Å²) in [6.07, 6.45) is -4.69. The Labute approximate surface area is 183 Å². The number of para-hydroxylation sites is 1. The Hall–Kier alpha value is -3.37. The molecule has 0 bridgehead atoms. The van der Waals surface area contributed by atoms with Crippen LogP contribution in [0.1, 0.15) is 27.3 Å². The number of carbonyl (C=O) groups excluding carboxylic acids is 1. The van der Waals surface area contributed by atoms with Crippen molar-refractivity contribution in [3.8, 4) is 11.4 Å². The van der Waals surface area contributed by atoms with Crippen LogP contribution in [0.4, 0.5) is 13.2 Å². The maximum Gasteiger partial charge on any atom is 0.435 e. The summed E-state index contributed by atoms with van der Waals surface area (Å²) in [5.74, 6) is -0.125. The predicted octanol–water partition coefficient (Wildman–Crippen LogP) is 2.88. The number of methoxy groups -OCH3 is 1. The highest BCUT2D eigenvalue weighted by Crippen LogP contribution is 2.30. The summed E-state index contributed by atoms with van der Waals surface area (Å²) in [6.45, 7) is 1.62. The van der Waals surface area contributed by atoms with Gasteiger partial charge in [-0.05, 0) is 23.8 Å². The molecule has 10 heteroatoms. The van der Waals surface area contributed by atoms with E-state index in [-0.39, 0.29) is 12.2 Å². The predicted molar refractivity (Wildman–Crippen MR) is 113 cm³/mol. The molecule has 1 aromatic heterocycles. The molecule has 0 spiro atoms. The lowest BCUT2D eigenvalue weighted by Crippen LogP contribution is -2.25. The third-order valence-electron chi connectivity index (χ3n) is 4.67. The summed E-state index contributed by atoms with van der Waals surface area (Å²) in [5.41, 5.74) is 5.95. The number of hydrogen-bond donors (Lipinski definition) is 3. The number of carbonyl (C=O) groups is 1. The van der Waals surface area contributed by atoms with Crippen LogP contribution in [0.25, 0.3) is 5.69 Å². The lowest BCUT2D eigenvalue weighted by Gasteiger charge is -2.12. The molecule has 0 fully saturated rings. The van der Waals surface area contributed by atoms with Gasteiger partial charge in [-0.1, -0.05) is 30.3 Å². The molecule has 7 nitrogen and oxygen atoms in total. The van der Waals surface area contributed by atoms with Crippen molar-refractivity contribution in [3.63, 3.8) is 0 Å². The van der Waals surface area contributed by atoms with Crippen LogP contribution in [0.2, 0.25) is 0 Å². The Balaban J connectivity index is 1.89. The third kappa shape index (κ3) is 5.65. The topological polar surface area (TPSA) is 94.2 Å². The van der Waals surface area contributed by atoms with Crippen molar-refractivity contribution in [2.24, 2.45) is 5.73 Å². The van der Waals surface area contributed by atoms with Gasteiger partial charge < -0.3 is 21.1 Å². The van der Waals surface area contributed by atoms with Crippen molar-refractivity contribution in [3.05, 3.63) is 77.1 Å². The van der Waals surface area contributed by atoms with E-state index in [0.717, 1.165) is 16.3 Å². The fourth-order valence-corrected chi connectivity index (χ4v) is 3.13. The first-order valence-electron chi connectivity index (χ1n) is 9.91. The number of ether oxygens (including phenoxy) is 1. The van der Waals surface area contributed by atoms with Crippen molar-refractivity contribution >= 4 is 5.91 Å². The molecule has 0 aliphatic heterocycles. The molecule has 0 atom stereocenters. The lowest BCUT2D eigenvalue weighted by atomic mass is 10.2. The Morgan fingerprint density at radius 1 is 1.12 bits per heavy atom. The first-order chi connectivity index (χ1) is 15.3. The van der Waals surface area contributed by atoms with E-state index in [0.29, 0.717) is 36.6 Å². The van der Waals surface area contributed by atoms with E-state index in [1.807, 2.05) is 6.07 Å². The molecule has 32 heavy (non-hydrogen) atoms. The fraction of sp³-hybridized carbons (Fsp3) is 0.273. The van der Waals surface area contributed by atoms with E-state index < -0.39 is 17.8 Å². The minimum absolute atomic E-state index is 0.0818. The van der Waals surface area contributed by atoms with Crippen molar-refractivity contribution in [2.75, 3.05) is 20.2 Å². The van der Waals surface area contributed by atoms with E-state index >= 15 is 0 Å². The van der Waals surface area contributed by atoms with Crippen LogP contribution in [-0.4, -0.2) is 35.9 Å². The van der Waals surface area contributed by atoms with E-state index in [2.05, 4.69) is 15.7 Å². The summed E-state index contributed by atoms with van der Waals surface area (Å²) in [4.78, 5) is 12.8. The van der Waals surface area contributed by atoms with Crippen LogP contribution in [0.15, 0.2) is 54.6 Å². The summed E-state index contributed by atoms with van der Waals surface area (Å²) in [6, 6.07) is 14.6. The van der Waals surface area contributed by atoms with Crippen molar-refractivity contribution < 1.29 is 22.7 Å². The number of alkyl halides is 3. The van der Waals surface area contributed by atoms with E-state index in [1.165, 1.54) is 7.11 Å². The van der Waals surface area contributed by atoms with Crippen LogP contribution in [0, 0.1) is 0 Å². The highest BCUT2D eigenvalue weighted by Gasteiger charge is 2.36. The fourth-order valence-electron chi connectivity index (χ4n) is 3.13. The molecular formula is C22H24F3N5O2. The van der Waals surface area contributed by atoms with Gasteiger partial charge in [0.25, 0.3) is 5.91 Å². The summed E-state index contributed by atoms with van der Waals surface area (Å²) < 4.78 is 46.3. The van der Waals surface area contributed by atoms with E-state index in [9.17, 15) is 18.0 Å². The maximum absolute atomic E-state index is 13.3. The number of nitrogens with zero attached hydrogens (tertiary/aromatic N) is 2. The van der Waals surface area contributed by atoms with Crippen molar-refractivity contribution in [2.45, 2.75) is 19.3 Å². The van der Waals surface area contributed by atoms with Crippen molar-refractivity contribution in [1.82, 2.24) is 20.4 Å². The molecule has 1 heterocycles. The number of hydrogen-bond acceptors (Lipinski definition) is 5. The monoisotopic (exact) mass is 447 g/mol. The Bertz CT molecular complexity index is 1070. The molecular weight excluding hydrogens is 423 g/mol. The molecule has 3 aromatic rings. The molecule has 0 saturated heterocycles. The van der Waals surface area contributed by atoms with E-state index in [4.69, 9.17) is 10.5 Å². The molecule has 0 saturated carbocycles. The van der Waals surface area contributed by atoms with Gasteiger partial charge >= 0.3 is 6.18 Å². The van der Waals surface area contributed by atoms with Crippen LogP contribution in [0.5, 0.6) is 5.75 Å². The molecule has 1 amide bonds. The summed E-state index contributed by atoms with van der Waals surface area (Å²) >= 11 is 0. The number of aromatic nitrogens is 2. The van der Waals surface area contributed by atoms with Gasteiger partial charge in [0.2, 0.25) is 0 Å². The van der Waals surface area contributed by atoms with Crippen LogP contribution in [0.3, 0.4) is 0 Å². The zero-order valence-electron chi connectivity index (χ0n) is 17.4. The molecule has 3 rings (SSSR count). The second-order valence-corrected chi connectivity index (χ2v) is 6.95. The quantitative estimate of drug-likeness (QED) is 0.439. The zero-order chi connectivity index (χ0) is 23.1. The first kappa shape index (κ1) is 23.3. The smallest absolute Gasteiger partial charge is 0.435 e. The Kier molecular flexibility index (Phi) is 7.49. The Morgan fingerprint density at radius 3 is 2.62 bits per heavy atom. The summed E-state index contributed by atoms with van der Waals surface area (Å²) in [5, 5.41) is 9.43. The normalized spacial score (nSPS) is 11.4. The van der Waals surface area contributed by atoms with Crippen LogP contribution >= 0.6 is 0 Å². The molecule has 0 unspecified atom stereocenters. The largest absolute Gasteiger partial charge is 0.496 e. The molecule has 0 aliphatic carbocycles. The van der Waals surface area contributed by atoms with Crippen molar-refractivity contribution in [1.29, 1.82) is 0 Å². The maximum atomic E-state index is 13.3. The molecule has 2 aromatic carbocycles. The zero-order valence-corrected chi connectivity index (χ0v) is 17.4. The number of halogens is 3. The SMILES string of the molecule is COc1ccccc1CNC(=O)c1cc(C(F)(F)F)nn1-c1cccc(CNCCN)c1. The van der Waals surface area contributed by atoms with Gasteiger partial charge in [0.15, 0.2) is 5.69 Å². The van der Waals surface area contributed by atoms with Gasteiger partial charge in [0, 0.05) is 37.8 Å². The van der Waals surface area contributed by atoms with Gasteiger partial charge in [-0.15, -0.1) is 0 Å². The minimum Gasteiger partial charge on any atom is -0.496 e. The number of benzene rings is 2. The summed E-state index contributed by atoms with van der Waals surface area (Å²) in [7, 11) is 1.50. The van der Waals surface area contributed by atoms with Gasteiger partial charge in [0.1, 0.15) is 11.4 Å². The molecule has 0 radical (unpaired) electrons. The number of nitrogens with two attached hydrogens (primary N) is 1. The number of amides is 1. The molecule has 4 N–H and O–H groups in total. The highest BCUT2D eigenvalue weighted by atomic mass is 19.4. The van der Waals surface area contributed by atoms with Gasteiger partial charge in [-0.25, -0.2) is 4.68 Å². The Morgan fingerprint density at radius 2 is 1.91 bits per heavy atom. The number of rotatable bonds is 9. The average molecular weight is 447 g/mol. The van der Waals surface area contributed by atoms with Crippen LogP contribution < -0.4 is 21.1 Å². The van der Waals surface area contributed by atoms with Gasteiger partial charge in [0.05, 0.1) is 12.8 Å². The highest BCUT2D eigenvalue weighted by molar-refractivity contribution is 5.93. The second kappa shape index (κ2) is 10.3. The average Bonchev–Trinajstić information content (AvgIpc) is 3.24. The first-order valence-corrected chi connectivity index (χ1v) is 9.91. The van der Waals surface area contributed by atoms with E-state index in [1.54, 1.807) is 42.5 Å². The molecule has 0 aliphatic rings. The van der Waals surface area contributed by atoms with Gasteiger partial charge in [-0.3, -0.25) is 4.79 Å². The second-order valence-electron chi connectivity index (χ2n) is 6.95.